The van der Waals surface area contributed by atoms with E-state index in [1.807, 2.05) is 18.7 Å². The summed E-state index contributed by atoms with van der Waals surface area (Å²) < 4.78 is 0. The normalized spacial score (nSPS) is 30.9. The van der Waals surface area contributed by atoms with Gasteiger partial charge in [-0.15, -0.1) is 0 Å². The molecule has 0 spiro atoms. The molecule has 1 saturated carbocycles. The number of hydrogen-bond donors (Lipinski definition) is 1. The Kier molecular flexibility index (Phi) is 4.40. The lowest BCUT2D eigenvalue weighted by molar-refractivity contribution is -0.157. The molecule has 1 N–H and O–H groups in total. The minimum Gasteiger partial charge on any atom is -0.342 e. The van der Waals surface area contributed by atoms with Gasteiger partial charge in [-0.1, -0.05) is 33.6 Å². The number of rotatable bonds is 6. The second-order valence-electron chi connectivity index (χ2n) is 7.00. The fraction of sp³-hybridized carbons (Fsp3) is 0.875. The molecule has 1 heterocycles. The Labute approximate surface area is 122 Å². The van der Waals surface area contributed by atoms with Crippen LogP contribution in [-0.2, 0) is 9.59 Å². The Hall–Kier alpha value is -1.06. The predicted octanol–water partition coefficient (Wildman–Crippen LogP) is 2.33. The van der Waals surface area contributed by atoms with E-state index in [2.05, 4.69) is 19.2 Å². The Balaban J connectivity index is 2.13. The minimum absolute atomic E-state index is 0.0149. The van der Waals surface area contributed by atoms with E-state index in [9.17, 15) is 9.59 Å². The van der Waals surface area contributed by atoms with Crippen molar-refractivity contribution in [2.24, 2.45) is 11.8 Å². The number of nitrogens with zero attached hydrogens (tertiary/aromatic N) is 1. The van der Waals surface area contributed by atoms with Crippen LogP contribution in [0.2, 0.25) is 0 Å². The van der Waals surface area contributed by atoms with E-state index in [0.29, 0.717) is 12.3 Å². The number of carbonyl (C=O) groups excluding carboxylic acids is 2. The quantitative estimate of drug-likeness (QED) is 0.812. The van der Waals surface area contributed by atoms with Gasteiger partial charge in [0.2, 0.25) is 11.8 Å². The number of amides is 2. The highest BCUT2D eigenvalue weighted by Crippen LogP contribution is 2.34. The molecule has 2 atom stereocenters. The summed E-state index contributed by atoms with van der Waals surface area (Å²) in [5.74, 6) is 1.31. The Morgan fingerprint density at radius 3 is 2.50 bits per heavy atom. The highest BCUT2D eigenvalue weighted by Gasteiger charge is 2.48. The Morgan fingerprint density at radius 2 is 2.00 bits per heavy atom. The van der Waals surface area contributed by atoms with Crippen molar-refractivity contribution in [1.82, 2.24) is 10.2 Å². The molecule has 0 aromatic heterocycles. The van der Waals surface area contributed by atoms with Crippen molar-refractivity contribution in [2.45, 2.75) is 71.4 Å². The Morgan fingerprint density at radius 1 is 1.35 bits per heavy atom. The van der Waals surface area contributed by atoms with E-state index in [4.69, 9.17) is 0 Å². The summed E-state index contributed by atoms with van der Waals surface area (Å²) >= 11 is 0. The van der Waals surface area contributed by atoms with Crippen LogP contribution in [0.4, 0.5) is 0 Å². The fourth-order valence-electron chi connectivity index (χ4n) is 2.99. The van der Waals surface area contributed by atoms with Gasteiger partial charge in [-0.3, -0.25) is 9.59 Å². The molecule has 0 aromatic rings. The van der Waals surface area contributed by atoms with Gasteiger partial charge in [0.05, 0.1) is 0 Å². The molecule has 2 unspecified atom stereocenters. The van der Waals surface area contributed by atoms with Gasteiger partial charge in [-0.2, -0.15) is 0 Å². The van der Waals surface area contributed by atoms with Crippen molar-refractivity contribution in [1.29, 1.82) is 0 Å². The highest BCUT2D eigenvalue weighted by atomic mass is 16.2. The van der Waals surface area contributed by atoms with Crippen LogP contribution in [0, 0.1) is 11.8 Å². The summed E-state index contributed by atoms with van der Waals surface area (Å²) in [4.78, 5) is 27.0. The van der Waals surface area contributed by atoms with Crippen LogP contribution in [0.1, 0.15) is 59.8 Å². The lowest BCUT2D eigenvalue weighted by Crippen LogP contribution is -2.69. The molecule has 114 valence electrons. The molecule has 1 saturated heterocycles. The van der Waals surface area contributed by atoms with Crippen LogP contribution < -0.4 is 5.32 Å². The topological polar surface area (TPSA) is 49.4 Å². The molecule has 1 aliphatic heterocycles. The van der Waals surface area contributed by atoms with Crippen LogP contribution in [0.25, 0.3) is 0 Å². The monoisotopic (exact) mass is 280 g/mol. The van der Waals surface area contributed by atoms with Crippen molar-refractivity contribution >= 4 is 11.8 Å². The lowest BCUT2D eigenvalue weighted by atomic mass is 9.88. The van der Waals surface area contributed by atoms with Gasteiger partial charge in [0.15, 0.2) is 0 Å². The van der Waals surface area contributed by atoms with Crippen molar-refractivity contribution < 1.29 is 9.59 Å². The first-order valence-corrected chi connectivity index (χ1v) is 8.01. The molecule has 0 aromatic carbocycles. The summed E-state index contributed by atoms with van der Waals surface area (Å²) in [6.07, 6.45) is 5.01. The molecule has 20 heavy (non-hydrogen) atoms. The maximum Gasteiger partial charge on any atom is 0.246 e. The smallest absolute Gasteiger partial charge is 0.246 e. The summed E-state index contributed by atoms with van der Waals surface area (Å²) in [6, 6.07) is -0.332. The zero-order valence-corrected chi connectivity index (χ0v) is 13.2. The largest absolute Gasteiger partial charge is 0.342 e. The van der Waals surface area contributed by atoms with Gasteiger partial charge in [0.1, 0.15) is 11.6 Å². The number of hydrogen-bond acceptors (Lipinski definition) is 2. The van der Waals surface area contributed by atoms with Crippen LogP contribution in [0.5, 0.6) is 0 Å². The number of nitrogens with one attached hydrogen (secondary N) is 1. The third-order valence-electron chi connectivity index (χ3n) is 4.81. The SMILES string of the molecule is CCC1(C)C(=O)NC(CC(C)C)C(=O)N1CCC1CC1. The lowest BCUT2D eigenvalue weighted by Gasteiger charge is -2.46. The number of carbonyl (C=O) groups is 2. The zero-order valence-electron chi connectivity index (χ0n) is 13.2. The predicted molar refractivity (Wildman–Crippen MR) is 79.1 cm³/mol. The molecule has 2 aliphatic rings. The minimum atomic E-state index is -0.667. The summed E-state index contributed by atoms with van der Waals surface area (Å²) in [6.45, 7) is 8.79. The highest BCUT2D eigenvalue weighted by molar-refractivity contribution is 5.99. The maximum atomic E-state index is 12.7. The first kappa shape index (κ1) is 15.3. The Bertz CT molecular complexity index is 390. The fourth-order valence-corrected chi connectivity index (χ4v) is 2.99. The van der Waals surface area contributed by atoms with E-state index in [0.717, 1.165) is 25.3 Å². The average molecular weight is 280 g/mol. The van der Waals surface area contributed by atoms with Gasteiger partial charge in [-0.05, 0) is 38.0 Å². The van der Waals surface area contributed by atoms with Gasteiger partial charge in [0, 0.05) is 6.54 Å². The molecular formula is C16H28N2O2. The van der Waals surface area contributed by atoms with E-state index in [1.54, 1.807) is 0 Å². The summed E-state index contributed by atoms with van der Waals surface area (Å²) in [5, 5.41) is 2.94. The third-order valence-corrected chi connectivity index (χ3v) is 4.81. The molecule has 1 aliphatic carbocycles. The third kappa shape index (κ3) is 2.99. The number of piperazine rings is 1. The second kappa shape index (κ2) is 5.74. The van der Waals surface area contributed by atoms with E-state index >= 15 is 0 Å². The molecule has 0 bridgehead atoms. The standard InChI is InChI=1S/C16H28N2O2/c1-5-16(4)15(20)17-13(10-11(2)3)14(19)18(16)9-8-12-6-7-12/h11-13H,5-10H2,1-4H3,(H,17,20). The van der Waals surface area contributed by atoms with Crippen LogP contribution in [-0.4, -0.2) is 34.8 Å². The maximum absolute atomic E-state index is 12.7. The van der Waals surface area contributed by atoms with Gasteiger partial charge in [0.25, 0.3) is 0 Å². The summed E-state index contributed by atoms with van der Waals surface area (Å²) in [7, 11) is 0. The van der Waals surface area contributed by atoms with Crippen LogP contribution >= 0.6 is 0 Å². The van der Waals surface area contributed by atoms with Gasteiger partial charge in [-0.25, -0.2) is 0 Å². The molecular weight excluding hydrogens is 252 g/mol. The van der Waals surface area contributed by atoms with Crippen LogP contribution in [0.3, 0.4) is 0 Å². The average Bonchev–Trinajstić information content (AvgIpc) is 3.19. The first-order valence-electron chi connectivity index (χ1n) is 8.01. The first-order chi connectivity index (χ1) is 9.38. The van der Waals surface area contributed by atoms with E-state index in [-0.39, 0.29) is 17.9 Å². The van der Waals surface area contributed by atoms with E-state index in [1.165, 1.54) is 12.8 Å². The van der Waals surface area contributed by atoms with Crippen molar-refractivity contribution in [3.63, 3.8) is 0 Å². The zero-order chi connectivity index (χ0) is 14.9. The molecule has 2 rings (SSSR count). The molecule has 4 heteroatoms. The van der Waals surface area contributed by atoms with Crippen molar-refractivity contribution in [3.8, 4) is 0 Å². The molecule has 2 fully saturated rings. The molecule has 2 amide bonds. The van der Waals surface area contributed by atoms with Gasteiger partial charge >= 0.3 is 0 Å². The van der Waals surface area contributed by atoms with Gasteiger partial charge < -0.3 is 10.2 Å². The van der Waals surface area contributed by atoms with E-state index < -0.39 is 5.54 Å². The molecule has 4 nitrogen and oxygen atoms in total. The van der Waals surface area contributed by atoms with Crippen LogP contribution in [0.15, 0.2) is 0 Å². The van der Waals surface area contributed by atoms with Crippen molar-refractivity contribution in [3.05, 3.63) is 0 Å². The second-order valence-corrected chi connectivity index (χ2v) is 7.00. The summed E-state index contributed by atoms with van der Waals surface area (Å²) in [5.41, 5.74) is -0.667. The molecule has 0 radical (unpaired) electrons. The van der Waals surface area contributed by atoms with Crippen molar-refractivity contribution in [2.75, 3.05) is 6.54 Å².